The monoisotopic (exact) mass is 267 g/mol. The van der Waals surface area contributed by atoms with Crippen LogP contribution in [0.25, 0.3) is 0 Å². The first-order valence-electron chi connectivity index (χ1n) is 6.96. The maximum absolute atomic E-state index is 6.16. The molecule has 1 fully saturated rings. The molecule has 1 aliphatic heterocycles. The number of piperidine rings is 1. The SMILES string of the molecule is Cc1nc(C(C)N2CCCCC2C(C)N)c(C)s1. The van der Waals surface area contributed by atoms with E-state index in [4.69, 9.17) is 10.7 Å². The van der Waals surface area contributed by atoms with Gasteiger partial charge in [-0.3, -0.25) is 4.90 Å². The van der Waals surface area contributed by atoms with Crippen LogP contribution in [-0.4, -0.2) is 28.5 Å². The summed E-state index contributed by atoms with van der Waals surface area (Å²) in [4.78, 5) is 8.64. The zero-order chi connectivity index (χ0) is 13.3. The van der Waals surface area contributed by atoms with Gasteiger partial charge in [-0.25, -0.2) is 4.98 Å². The van der Waals surface area contributed by atoms with Gasteiger partial charge in [0.1, 0.15) is 0 Å². The summed E-state index contributed by atoms with van der Waals surface area (Å²) in [5.74, 6) is 0. The molecule has 1 aromatic heterocycles. The van der Waals surface area contributed by atoms with Crippen molar-refractivity contribution < 1.29 is 0 Å². The van der Waals surface area contributed by atoms with Crippen LogP contribution in [0, 0.1) is 13.8 Å². The molecule has 4 heteroatoms. The quantitative estimate of drug-likeness (QED) is 0.915. The summed E-state index contributed by atoms with van der Waals surface area (Å²) in [6, 6.07) is 1.15. The number of nitrogens with two attached hydrogens (primary N) is 1. The molecule has 18 heavy (non-hydrogen) atoms. The highest BCUT2D eigenvalue weighted by Gasteiger charge is 2.31. The van der Waals surface area contributed by atoms with Gasteiger partial charge in [0, 0.05) is 17.0 Å². The summed E-state index contributed by atoms with van der Waals surface area (Å²) < 4.78 is 0. The molecule has 1 saturated heterocycles. The molecule has 2 heterocycles. The molecule has 2 rings (SSSR count). The maximum atomic E-state index is 6.16. The molecule has 0 spiro atoms. The van der Waals surface area contributed by atoms with Crippen LogP contribution in [0.4, 0.5) is 0 Å². The number of aromatic nitrogens is 1. The molecule has 0 bridgehead atoms. The molecule has 0 aromatic carbocycles. The van der Waals surface area contributed by atoms with Crippen LogP contribution in [0.1, 0.15) is 54.7 Å². The summed E-state index contributed by atoms with van der Waals surface area (Å²) >= 11 is 1.80. The first kappa shape index (κ1) is 14.0. The molecule has 0 saturated carbocycles. The van der Waals surface area contributed by atoms with E-state index in [1.165, 1.54) is 34.8 Å². The van der Waals surface area contributed by atoms with E-state index in [-0.39, 0.29) is 6.04 Å². The first-order valence-corrected chi connectivity index (χ1v) is 7.77. The third-order valence-corrected chi connectivity index (χ3v) is 4.93. The van der Waals surface area contributed by atoms with Crippen LogP contribution >= 0.6 is 11.3 Å². The summed E-state index contributed by atoms with van der Waals surface area (Å²) in [6.07, 6.45) is 3.82. The average molecular weight is 267 g/mol. The number of nitrogens with zero attached hydrogens (tertiary/aromatic N) is 2. The molecule has 3 nitrogen and oxygen atoms in total. The molecule has 0 amide bonds. The molecule has 0 aliphatic carbocycles. The Bertz CT molecular complexity index is 400. The van der Waals surface area contributed by atoms with Crippen molar-refractivity contribution in [2.75, 3.05) is 6.54 Å². The molecule has 3 atom stereocenters. The average Bonchev–Trinajstić information content (AvgIpc) is 2.67. The van der Waals surface area contributed by atoms with Gasteiger partial charge in [-0.1, -0.05) is 6.42 Å². The normalized spacial score (nSPS) is 25.1. The second-order valence-electron chi connectivity index (χ2n) is 5.51. The maximum Gasteiger partial charge on any atom is 0.0900 e. The van der Waals surface area contributed by atoms with E-state index in [9.17, 15) is 0 Å². The van der Waals surface area contributed by atoms with E-state index in [2.05, 4.69) is 32.6 Å². The van der Waals surface area contributed by atoms with Gasteiger partial charge < -0.3 is 5.73 Å². The lowest BCUT2D eigenvalue weighted by Gasteiger charge is -2.41. The van der Waals surface area contributed by atoms with Gasteiger partial charge >= 0.3 is 0 Å². The minimum absolute atomic E-state index is 0.243. The molecule has 2 N–H and O–H groups in total. The van der Waals surface area contributed by atoms with E-state index in [0.29, 0.717) is 12.1 Å². The summed E-state index contributed by atoms with van der Waals surface area (Å²) in [6.45, 7) is 9.84. The van der Waals surface area contributed by atoms with Crippen LogP contribution in [0.2, 0.25) is 0 Å². The van der Waals surface area contributed by atoms with Gasteiger partial charge in [-0.15, -0.1) is 11.3 Å². The molecule has 3 unspecified atom stereocenters. The number of aryl methyl sites for hydroxylation is 2. The second-order valence-corrected chi connectivity index (χ2v) is 6.92. The molecular formula is C14H25N3S. The van der Waals surface area contributed by atoms with Gasteiger partial charge in [0.25, 0.3) is 0 Å². The predicted molar refractivity (Wildman–Crippen MR) is 78.0 cm³/mol. The van der Waals surface area contributed by atoms with Crippen LogP contribution in [0.15, 0.2) is 0 Å². The number of hydrogen-bond donors (Lipinski definition) is 1. The Kier molecular flexibility index (Phi) is 4.41. The predicted octanol–water partition coefficient (Wildman–Crippen LogP) is 3.02. The van der Waals surface area contributed by atoms with E-state index in [0.717, 1.165) is 6.54 Å². The minimum Gasteiger partial charge on any atom is -0.327 e. The van der Waals surface area contributed by atoms with E-state index >= 15 is 0 Å². The zero-order valence-electron chi connectivity index (χ0n) is 11.9. The van der Waals surface area contributed by atoms with Gasteiger partial charge in [0.2, 0.25) is 0 Å². The second kappa shape index (κ2) is 5.68. The molecule has 1 aliphatic rings. The van der Waals surface area contributed by atoms with Gasteiger partial charge in [-0.05, 0) is 47.1 Å². The summed E-state index contributed by atoms with van der Waals surface area (Å²) in [5, 5.41) is 1.17. The highest BCUT2D eigenvalue weighted by atomic mass is 32.1. The largest absolute Gasteiger partial charge is 0.327 e. The lowest BCUT2D eigenvalue weighted by atomic mass is 9.94. The van der Waals surface area contributed by atoms with Crippen molar-refractivity contribution >= 4 is 11.3 Å². The molecule has 102 valence electrons. The lowest BCUT2D eigenvalue weighted by molar-refractivity contribution is 0.0870. The number of hydrogen-bond acceptors (Lipinski definition) is 4. The van der Waals surface area contributed by atoms with E-state index in [1.807, 2.05) is 0 Å². The van der Waals surface area contributed by atoms with Crippen molar-refractivity contribution in [2.24, 2.45) is 5.73 Å². The Balaban J connectivity index is 2.20. The third kappa shape index (κ3) is 2.76. The minimum atomic E-state index is 0.243. The van der Waals surface area contributed by atoms with Gasteiger partial charge in [0.15, 0.2) is 0 Å². The smallest absolute Gasteiger partial charge is 0.0900 e. The lowest BCUT2D eigenvalue weighted by Crippen LogP contribution is -2.50. The van der Waals surface area contributed by atoms with Crippen LogP contribution in [0.3, 0.4) is 0 Å². The van der Waals surface area contributed by atoms with Crippen molar-refractivity contribution in [3.8, 4) is 0 Å². The molecule has 1 aromatic rings. The first-order chi connectivity index (χ1) is 8.50. The highest BCUT2D eigenvalue weighted by Crippen LogP contribution is 2.32. The number of thiazole rings is 1. The Morgan fingerprint density at radius 2 is 2.06 bits per heavy atom. The summed E-state index contributed by atoms with van der Waals surface area (Å²) in [5.41, 5.74) is 7.41. The fraction of sp³-hybridized carbons (Fsp3) is 0.786. The third-order valence-electron chi connectivity index (χ3n) is 4.03. The van der Waals surface area contributed by atoms with Crippen LogP contribution in [-0.2, 0) is 0 Å². The number of rotatable bonds is 3. The number of likely N-dealkylation sites (tertiary alicyclic amines) is 1. The topological polar surface area (TPSA) is 42.2 Å². The standard InChI is InChI=1S/C14H25N3S/c1-9(15)13-7-5-6-8-17(13)10(2)14-11(3)18-12(4)16-14/h9-10,13H,5-8,15H2,1-4H3. The van der Waals surface area contributed by atoms with Crippen LogP contribution < -0.4 is 5.73 Å². The molecule has 0 radical (unpaired) electrons. The summed E-state index contributed by atoms with van der Waals surface area (Å²) in [7, 11) is 0. The van der Waals surface area contributed by atoms with Crippen molar-refractivity contribution in [2.45, 2.75) is 65.1 Å². The van der Waals surface area contributed by atoms with Crippen molar-refractivity contribution in [1.82, 2.24) is 9.88 Å². The van der Waals surface area contributed by atoms with Crippen molar-refractivity contribution in [3.63, 3.8) is 0 Å². The van der Waals surface area contributed by atoms with Crippen molar-refractivity contribution in [1.29, 1.82) is 0 Å². The fourth-order valence-electron chi connectivity index (χ4n) is 3.11. The zero-order valence-corrected chi connectivity index (χ0v) is 12.8. The Hall–Kier alpha value is -0.450. The van der Waals surface area contributed by atoms with Crippen LogP contribution in [0.5, 0.6) is 0 Å². The van der Waals surface area contributed by atoms with E-state index < -0.39 is 0 Å². The molecular weight excluding hydrogens is 242 g/mol. The Morgan fingerprint density at radius 1 is 1.33 bits per heavy atom. The fourth-order valence-corrected chi connectivity index (χ4v) is 4.02. The Labute approximate surface area is 114 Å². The highest BCUT2D eigenvalue weighted by molar-refractivity contribution is 7.11. The van der Waals surface area contributed by atoms with Crippen molar-refractivity contribution in [3.05, 3.63) is 15.6 Å². The van der Waals surface area contributed by atoms with Gasteiger partial charge in [-0.2, -0.15) is 0 Å². The Morgan fingerprint density at radius 3 is 2.61 bits per heavy atom. The van der Waals surface area contributed by atoms with Gasteiger partial charge in [0.05, 0.1) is 16.7 Å². The van der Waals surface area contributed by atoms with E-state index in [1.54, 1.807) is 11.3 Å².